The molecule has 1 aliphatic heterocycles. The van der Waals surface area contributed by atoms with Gasteiger partial charge < -0.3 is 5.32 Å². The molecule has 20 heavy (non-hydrogen) atoms. The predicted octanol–water partition coefficient (Wildman–Crippen LogP) is 2.01. The zero-order valence-corrected chi connectivity index (χ0v) is 11.6. The van der Waals surface area contributed by atoms with Gasteiger partial charge in [0.05, 0.1) is 11.6 Å². The number of nitriles is 1. The molecule has 1 aliphatic rings. The summed E-state index contributed by atoms with van der Waals surface area (Å²) in [5.41, 5.74) is 3.07. The smallest absolute Gasteiger partial charge is 0.123 e. The van der Waals surface area contributed by atoms with Crippen molar-refractivity contribution in [2.45, 2.75) is 13.0 Å². The van der Waals surface area contributed by atoms with E-state index in [1.807, 2.05) is 25.1 Å². The van der Waals surface area contributed by atoms with E-state index < -0.39 is 0 Å². The number of hydrogen-bond acceptors (Lipinski definition) is 4. The Balaban J connectivity index is 1.95. The van der Waals surface area contributed by atoms with Crippen LogP contribution in [0.4, 0.5) is 0 Å². The molecule has 1 fully saturated rings. The molecule has 4 nitrogen and oxygen atoms in total. The fraction of sp³-hybridized carbons (Fsp3) is 0.375. The van der Waals surface area contributed by atoms with Crippen molar-refractivity contribution in [3.05, 3.63) is 41.6 Å². The maximum Gasteiger partial charge on any atom is 0.123 e. The zero-order chi connectivity index (χ0) is 13.9. The maximum atomic E-state index is 9.52. The van der Waals surface area contributed by atoms with Crippen molar-refractivity contribution < 1.29 is 0 Å². The molecule has 0 bridgehead atoms. The van der Waals surface area contributed by atoms with Gasteiger partial charge in [-0.25, -0.2) is 0 Å². The van der Waals surface area contributed by atoms with Gasteiger partial charge in [-0.2, -0.15) is 5.26 Å². The molecular weight excluding hydrogens is 248 g/mol. The van der Waals surface area contributed by atoms with Gasteiger partial charge in [0.15, 0.2) is 0 Å². The van der Waals surface area contributed by atoms with Crippen LogP contribution in [0.1, 0.15) is 17.3 Å². The number of nitrogens with zero attached hydrogens (tertiary/aromatic N) is 3. The van der Waals surface area contributed by atoms with Gasteiger partial charge in [0.2, 0.25) is 0 Å². The average molecular weight is 266 g/mol. The Bertz CT molecular complexity index is 653. The standard InChI is InChI=1S/C16H18N4/c1-12-2-3-13-10-14(4-5-15(13)19-12)16(11-17)20-8-6-18-7-9-20/h2-5,10,16,18H,6-9H2,1H3. The van der Waals surface area contributed by atoms with Crippen LogP contribution in [0.2, 0.25) is 0 Å². The fourth-order valence-electron chi connectivity index (χ4n) is 2.72. The third-order valence-electron chi connectivity index (χ3n) is 3.81. The van der Waals surface area contributed by atoms with Gasteiger partial charge in [-0.15, -0.1) is 0 Å². The SMILES string of the molecule is Cc1ccc2cc(C(C#N)N3CCNCC3)ccc2n1. The maximum absolute atomic E-state index is 9.52. The molecule has 0 saturated carbocycles. The number of piperazine rings is 1. The summed E-state index contributed by atoms with van der Waals surface area (Å²) in [5.74, 6) is 0. The first kappa shape index (κ1) is 13.0. The molecule has 1 aromatic heterocycles. The summed E-state index contributed by atoms with van der Waals surface area (Å²) in [5, 5.41) is 13.9. The van der Waals surface area contributed by atoms with E-state index in [0.29, 0.717) is 0 Å². The van der Waals surface area contributed by atoms with Crippen LogP contribution in [0.15, 0.2) is 30.3 Å². The van der Waals surface area contributed by atoms with E-state index in [1.54, 1.807) is 0 Å². The molecule has 3 rings (SSSR count). The predicted molar refractivity (Wildman–Crippen MR) is 79.3 cm³/mol. The van der Waals surface area contributed by atoms with Crippen LogP contribution < -0.4 is 5.32 Å². The minimum atomic E-state index is -0.164. The van der Waals surface area contributed by atoms with Crippen molar-refractivity contribution >= 4 is 10.9 Å². The average Bonchev–Trinajstić information content (AvgIpc) is 2.49. The lowest BCUT2D eigenvalue weighted by atomic mass is 10.0. The monoisotopic (exact) mass is 266 g/mol. The minimum absolute atomic E-state index is 0.164. The molecule has 1 unspecified atom stereocenters. The Labute approximate surface area is 119 Å². The van der Waals surface area contributed by atoms with Crippen molar-refractivity contribution in [1.29, 1.82) is 5.26 Å². The largest absolute Gasteiger partial charge is 0.314 e. The molecule has 0 amide bonds. The lowest BCUT2D eigenvalue weighted by Gasteiger charge is -2.31. The van der Waals surface area contributed by atoms with Gasteiger partial charge in [-0.05, 0) is 30.7 Å². The van der Waals surface area contributed by atoms with E-state index in [9.17, 15) is 5.26 Å². The van der Waals surface area contributed by atoms with E-state index in [0.717, 1.165) is 48.3 Å². The first-order valence-electron chi connectivity index (χ1n) is 6.99. The molecule has 0 aliphatic carbocycles. The highest BCUT2D eigenvalue weighted by molar-refractivity contribution is 5.79. The number of nitrogens with one attached hydrogen (secondary N) is 1. The zero-order valence-electron chi connectivity index (χ0n) is 11.6. The van der Waals surface area contributed by atoms with Gasteiger partial charge >= 0.3 is 0 Å². The van der Waals surface area contributed by atoms with Crippen LogP contribution in [0.3, 0.4) is 0 Å². The van der Waals surface area contributed by atoms with Crippen molar-refractivity contribution in [2.24, 2.45) is 0 Å². The summed E-state index contributed by atoms with van der Waals surface area (Å²) >= 11 is 0. The Morgan fingerprint density at radius 1 is 1.25 bits per heavy atom. The third kappa shape index (κ3) is 2.51. The normalized spacial score (nSPS) is 17.8. The molecule has 2 aromatic rings. The molecule has 102 valence electrons. The molecule has 1 atom stereocenters. The Hall–Kier alpha value is -1.96. The topological polar surface area (TPSA) is 52.0 Å². The Morgan fingerprint density at radius 2 is 2.05 bits per heavy atom. The summed E-state index contributed by atoms with van der Waals surface area (Å²) in [4.78, 5) is 6.74. The fourth-order valence-corrected chi connectivity index (χ4v) is 2.72. The number of aromatic nitrogens is 1. The third-order valence-corrected chi connectivity index (χ3v) is 3.81. The highest BCUT2D eigenvalue weighted by Crippen LogP contribution is 2.24. The number of pyridine rings is 1. The number of rotatable bonds is 2. The van der Waals surface area contributed by atoms with Gasteiger partial charge in [-0.1, -0.05) is 12.1 Å². The summed E-state index contributed by atoms with van der Waals surface area (Å²) < 4.78 is 0. The molecular formula is C16H18N4. The van der Waals surface area contributed by atoms with Crippen molar-refractivity contribution in [2.75, 3.05) is 26.2 Å². The van der Waals surface area contributed by atoms with E-state index >= 15 is 0 Å². The highest BCUT2D eigenvalue weighted by Gasteiger charge is 2.21. The number of aryl methyl sites for hydroxylation is 1. The van der Waals surface area contributed by atoms with Crippen LogP contribution in [-0.4, -0.2) is 36.1 Å². The summed E-state index contributed by atoms with van der Waals surface area (Å²) in [6.07, 6.45) is 0. The molecule has 0 spiro atoms. The lowest BCUT2D eigenvalue weighted by Crippen LogP contribution is -2.44. The second-order valence-electron chi connectivity index (χ2n) is 5.22. The second kappa shape index (κ2) is 5.58. The second-order valence-corrected chi connectivity index (χ2v) is 5.22. The number of benzene rings is 1. The summed E-state index contributed by atoms with van der Waals surface area (Å²) in [6, 6.07) is 12.5. The molecule has 1 aromatic carbocycles. The molecule has 1 N–H and O–H groups in total. The molecule has 2 heterocycles. The first-order valence-corrected chi connectivity index (χ1v) is 6.99. The quantitative estimate of drug-likeness (QED) is 0.903. The summed E-state index contributed by atoms with van der Waals surface area (Å²) in [6.45, 7) is 5.73. The first-order chi connectivity index (χ1) is 9.78. The molecule has 1 saturated heterocycles. The van der Waals surface area contributed by atoms with Crippen LogP contribution in [-0.2, 0) is 0 Å². The Kier molecular flexibility index (Phi) is 3.64. The summed E-state index contributed by atoms with van der Waals surface area (Å²) in [7, 11) is 0. The van der Waals surface area contributed by atoms with Crippen molar-refractivity contribution in [3.8, 4) is 6.07 Å². The van der Waals surface area contributed by atoms with Crippen LogP contribution in [0.5, 0.6) is 0 Å². The van der Waals surface area contributed by atoms with Gasteiger partial charge in [0.1, 0.15) is 6.04 Å². The van der Waals surface area contributed by atoms with Crippen molar-refractivity contribution in [3.63, 3.8) is 0 Å². The van der Waals surface area contributed by atoms with E-state index in [2.05, 4.69) is 33.4 Å². The van der Waals surface area contributed by atoms with Crippen LogP contribution in [0.25, 0.3) is 10.9 Å². The molecule has 4 heteroatoms. The van der Waals surface area contributed by atoms with Crippen molar-refractivity contribution in [1.82, 2.24) is 15.2 Å². The van der Waals surface area contributed by atoms with Gasteiger partial charge in [0.25, 0.3) is 0 Å². The van der Waals surface area contributed by atoms with E-state index in [4.69, 9.17) is 0 Å². The van der Waals surface area contributed by atoms with Gasteiger partial charge in [0, 0.05) is 37.3 Å². The van der Waals surface area contributed by atoms with Crippen LogP contribution >= 0.6 is 0 Å². The Morgan fingerprint density at radius 3 is 2.80 bits per heavy atom. The number of fused-ring (bicyclic) bond motifs is 1. The van der Waals surface area contributed by atoms with E-state index in [1.165, 1.54) is 0 Å². The molecule has 0 radical (unpaired) electrons. The van der Waals surface area contributed by atoms with E-state index in [-0.39, 0.29) is 6.04 Å². The van der Waals surface area contributed by atoms with Gasteiger partial charge in [-0.3, -0.25) is 9.88 Å². The lowest BCUT2D eigenvalue weighted by molar-refractivity contribution is 0.207. The highest BCUT2D eigenvalue weighted by atomic mass is 15.2. The minimum Gasteiger partial charge on any atom is -0.314 e. The number of hydrogen-bond donors (Lipinski definition) is 1. The van der Waals surface area contributed by atoms with Crippen LogP contribution in [0, 0.1) is 18.3 Å².